The highest BCUT2D eigenvalue weighted by atomic mass is 16.3. The number of hydrogen-bond acceptors (Lipinski definition) is 3. The minimum atomic E-state index is -0.120. The Kier molecular flexibility index (Phi) is 6.01. The number of nitrogens with zero attached hydrogens (tertiary/aromatic N) is 1. The molecule has 2 heterocycles. The molecule has 0 saturated heterocycles. The van der Waals surface area contributed by atoms with Crippen molar-refractivity contribution in [2.75, 3.05) is 4.90 Å². The molecule has 8 aromatic carbocycles. The van der Waals surface area contributed by atoms with Crippen LogP contribution in [-0.2, 0) is 5.41 Å². The number of fused-ring (bicyclic) bond motifs is 11. The second kappa shape index (κ2) is 10.7. The molecule has 10 aromatic rings. The van der Waals surface area contributed by atoms with Crippen molar-refractivity contribution in [3.05, 3.63) is 175 Å². The Bertz CT molecular complexity index is 3050. The molecule has 0 saturated carbocycles. The minimum absolute atomic E-state index is 0.120. The summed E-state index contributed by atoms with van der Waals surface area (Å²) in [6, 6.07) is 58.6. The molecule has 0 unspecified atom stereocenters. The zero-order valence-electron chi connectivity index (χ0n) is 28.9. The summed E-state index contributed by atoms with van der Waals surface area (Å²) in [5.41, 5.74) is 14.3. The fourth-order valence-corrected chi connectivity index (χ4v) is 8.87. The second-order valence-corrected chi connectivity index (χ2v) is 14.4. The first-order valence-corrected chi connectivity index (χ1v) is 17.9. The maximum atomic E-state index is 6.87. The van der Waals surface area contributed by atoms with E-state index in [0.29, 0.717) is 0 Å². The zero-order valence-corrected chi connectivity index (χ0v) is 28.9. The van der Waals surface area contributed by atoms with Crippen molar-refractivity contribution in [1.82, 2.24) is 0 Å². The van der Waals surface area contributed by atoms with E-state index < -0.39 is 0 Å². The van der Waals surface area contributed by atoms with Gasteiger partial charge < -0.3 is 13.7 Å². The zero-order chi connectivity index (χ0) is 34.6. The van der Waals surface area contributed by atoms with Crippen molar-refractivity contribution >= 4 is 71.7 Å². The van der Waals surface area contributed by atoms with Gasteiger partial charge in [0, 0.05) is 38.3 Å². The lowest BCUT2D eigenvalue weighted by Crippen LogP contribution is -2.16. The highest BCUT2D eigenvalue weighted by Crippen LogP contribution is 2.52. The maximum absolute atomic E-state index is 6.87. The minimum Gasteiger partial charge on any atom is -0.456 e. The molecule has 1 aliphatic carbocycles. The lowest BCUT2D eigenvalue weighted by Gasteiger charge is -2.28. The quantitative estimate of drug-likeness (QED) is 0.187. The number of rotatable bonds is 4. The van der Waals surface area contributed by atoms with Gasteiger partial charge in [-0.2, -0.15) is 0 Å². The summed E-state index contributed by atoms with van der Waals surface area (Å²) >= 11 is 0. The van der Waals surface area contributed by atoms with Gasteiger partial charge in [-0.05, 0) is 93.4 Å². The van der Waals surface area contributed by atoms with E-state index in [1.165, 1.54) is 22.3 Å². The molecule has 0 N–H and O–H groups in total. The Labute approximate surface area is 301 Å². The molecule has 0 atom stereocenters. The standard InChI is InChI=1S/C49H33NO2/c1-49(2)40-21-10-8-17-33(40)34-27-26-31(28-41(34)49)50(30-14-4-3-5-15-30)42-22-13-25-45-47(42)39-29-38(32-16-6-7-18-36(32)48(39)52-45)35-20-12-24-44-46(35)37-19-9-11-23-43(37)51-44/h3-29H,1-2H3. The van der Waals surface area contributed by atoms with E-state index in [0.717, 1.165) is 82.8 Å². The highest BCUT2D eigenvalue weighted by Gasteiger charge is 2.36. The summed E-state index contributed by atoms with van der Waals surface area (Å²) in [5, 5.41) is 6.65. The molecule has 246 valence electrons. The molecular formula is C49H33NO2. The van der Waals surface area contributed by atoms with Gasteiger partial charge in [-0.15, -0.1) is 0 Å². The first kappa shape index (κ1) is 29.2. The highest BCUT2D eigenvalue weighted by molar-refractivity contribution is 6.24. The SMILES string of the molecule is CC1(C)c2ccccc2-c2ccc(N(c3ccccc3)c3cccc4oc5c6ccccc6c(-c6cccc7oc8ccccc8c67)cc5c34)cc21. The van der Waals surface area contributed by atoms with Crippen LogP contribution in [0.25, 0.3) is 76.9 Å². The van der Waals surface area contributed by atoms with Crippen LogP contribution in [0.2, 0.25) is 0 Å². The van der Waals surface area contributed by atoms with Gasteiger partial charge in [0.25, 0.3) is 0 Å². The lowest BCUT2D eigenvalue weighted by molar-refractivity contribution is 0.660. The van der Waals surface area contributed by atoms with Crippen LogP contribution < -0.4 is 4.90 Å². The van der Waals surface area contributed by atoms with Gasteiger partial charge in [-0.3, -0.25) is 0 Å². The Balaban J connectivity index is 1.21. The van der Waals surface area contributed by atoms with E-state index in [9.17, 15) is 0 Å². The van der Waals surface area contributed by atoms with Crippen molar-refractivity contribution in [1.29, 1.82) is 0 Å². The predicted molar refractivity (Wildman–Crippen MR) is 216 cm³/mol. The molecule has 0 aliphatic heterocycles. The van der Waals surface area contributed by atoms with Gasteiger partial charge in [0.05, 0.1) is 11.1 Å². The Hall–Kier alpha value is -6.58. The smallest absolute Gasteiger partial charge is 0.143 e. The first-order valence-electron chi connectivity index (χ1n) is 17.9. The number of anilines is 3. The normalized spacial score (nSPS) is 13.3. The maximum Gasteiger partial charge on any atom is 0.143 e. The Morgan fingerprint density at radius 3 is 1.92 bits per heavy atom. The van der Waals surface area contributed by atoms with E-state index in [4.69, 9.17) is 8.83 Å². The molecule has 52 heavy (non-hydrogen) atoms. The van der Waals surface area contributed by atoms with Crippen LogP contribution in [0.4, 0.5) is 17.1 Å². The molecule has 3 heteroatoms. The first-order chi connectivity index (χ1) is 25.6. The van der Waals surface area contributed by atoms with Crippen LogP contribution in [-0.4, -0.2) is 0 Å². The van der Waals surface area contributed by atoms with Crippen LogP contribution in [0.15, 0.2) is 173 Å². The fraction of sp³-hybridized carbons (Fsp3) is 0.0612. The average Bonchev–Trinajstić information content (AvgIpc) is 3.83. The molecule has 0 spiro atoms. The summed E-state index contributed by atoms with van der Waals surface area (Å²) < 4.78 is 13.2. The lowest BCUT2D eigenvalue weighted by atomic mass is 9.82. The van der Waals surface area contributed by atoms with Gasteiger partial charge in [0.2, 0.25) is 0 Å². The molecule has 0 bridgehead atoms. The molecule has 2 aromatic heterocycles. The fourth-order valence-electron chi connectivity index (χ4n) is 8.87. The van der Waals surface area contributed by atoms with Crippen LogP contribution in [0.1, 0.15) is 25.0 Å². The summed E-state index contributed by atoms with van der Waals surface area (Å²) in [7, 11) is 0. The van der Waals surface area contributed by atoms with Crippen molar-refractivity contribution in [3.63, 3.8) is 0 Å². The van der Waals surface area contributed by atoms with Crippen molar-refractivity contribution in [2.45, 2.75) is 19.3 Å². The Morgan fingerprint density at radius 1 is 0.404 bits per heavy atom. The second-order valence-electron chi connectivity index (χ2n) is 14.4. The van der Waals surface area contributed by atoms with Gasteiger partial charge >= 0.3 is 0 Å². The average molecular weight is 668 g/mol. The third kappa shape index (κ3) is 4.02. The van der Waals surface area contributed by atoms with Gasteiger partial charge in [-0.1, -0.05) is 123 Å². The number of hydrogen-bond donors (Lipinski definition) is 0. The number of furan rings is 2. The van der Waals surface area contributed by atoms with Crippen molar-refractivity contribution < 1.29 is 8.83 Å². The molecule has 0 fully saturated rings. The molecule has 3 nitrogen and oxygen atoms in total. The summed E-state index contributed by atoms with van der Waals surface area (Å²) in [6.45, 7) is 4.68. The van der Waals surface area contributed by atoms with E-state index in [1.54, 1.807) is 0 Å². The largest absolute Gasteiger partial charge is 0.456 e. The Morgan fingerprint density at radius 2 is 1.06 bits per heavy atom. The van der Waals surface area contributed by atoms with Crippen LogP contribution in [0.5, 0.6) is 0 Å². The van der Waals surface area contributed by atoms with Gasteiger partial charge in [0.1, 0.15) is 22.3 Å². The number of benzene rings is 8. The monoisotopic (exact) mass is 667 g/mol. The predicted octanol–water partition coefficient (Wildman–Crippen LogP) is 14.1. The van der Waals surface area contributed by atoms with Gasteiger partial charge in [0.15, 0.2) is 0 Å². The molecular weight excluding hydrogens is 635 g/mol. The van der Waals surface area contributed by atoms with E-state index in [-0.39, 0.29) is 5.41 Å². The molecule has 1 aliphatic rings. The molecule has 0 radical (unpaired) electrons. The van der Waals surface area contributed by atoms with Crippen molar-refractivity contribution in [3.8, 4) is 22.3 Å². The van der Waals surface area contributed by atoms with Crippen LogP contribution in [0, 0.1) is 0 Å². The third-order valence-corrected chi connectivity index (χ3v) is 11.3. The van der Waals surface area contributed by atoms with E-state index in [2.05, 4.69) is 170 Å². The summed E-state index contributed by atoms with van der Waals surface area (Å²) in [5.74, 6) is 0. The summed E-state index contributed by atoms with van der Waals surface area (Å²) in [6.07, 6.45) is 0. The van der Waals surface area contributed by atoms with Crippen LogP contribution >= 0.6 is 0 Å². The molecule has 11 rings (SSSR count). The number of para-hydroxylation sites is 2. The third-order valence-electron chi connectivity index (χ3n) is 11.3. The summed E-state index contributed by atoms with van der Waals surface area (Å²) in [4.78, 5) is 2.40. The van der Waals surface area contributed by atoms with Gasteiger partial charge in [-0.25, -0.2) is 0 Å². The topological polar surface area (TPSA) is 29.5 Å². The van der Waals surface area contributed by atoms with Crippen molar-refractivity contribution in [2.24, 2.45) is 0 Å². The van der Waals surface area contributed by atoms with E-state index in [1.807, 2.05) is 12.1 Å². The van der Waals surface area contributed by atoms with E-state index >= 15 is 0 Å². The molecule has 0 amide bonds. The van der Waals surface area contributed by atoms with Crippen LogP contribution in [0.3, 0.4) is 0 Å².